The molecule has 0 aromatic carbocycles. The number of hydrogen-bond acceptors (Lipinski definition) is 3. The van der Waals surface area contributed by atoms with Gasteiger partial charge in [0.1, 0.15) is 5.04 Å². The van der Waals surface area contributed by atoms with Crippen LogP contribution in [0.25, 0.3) is 0 Å². The van der Waals surface area contributed by atoms with E-state index in [1.807, 2.05) is 0 Å². The van der Waals surface area contributed by atoms with Crippen LogP contribution in [0.5, 0.6) is 0 Å². The summed E-state index contributed by atoms with van der Waals surface area (Å²) in [5.74, 6) is 1.40. The Kier molecular flexibility index (Phi) is 3.81. The van der Waals surface area contributed by atoms with Gasteiger partial charge in [0, 0.05) is 31.8 Å². The van der Waals surface area contributed by atoms with Crippen molar-refractivity contribution >= 4 is 21.9 Å². The molecule has 0 saturated carbocycles. The lowest BCUT2D eigenvalue weighted by Crippen LogP contribution is -2.37. The smallest absolute Gasteiger partial charge is 0.186 e. The molecule has 1 atom stereocenters. The highest BCUT2D eigenvalue weighted by atomic mass is 32.2. The Morgan fingerprint density at radius 1 is 1.53 bits per heavy atom. The summed E-state index contributed by atoms with van der Waals surface area (Å²) < 4.78 is 2.45. The Balaban J connectivity index is 1.91. The van der Waals surface area contributed by atoms with E-state index in [-0.39, 0.29) is 16.9 Å². The van der Waals surface area contributed by atoms with Crippen molar-refractivity contribution < 1.29 is 4.79 Å². The Labute approximate surface area is 94.4 Å². The van der Waals surface area contributed by atoms with Gasteiger partial charge in [-0.1, -0.05) is 13.3 Å². The van der Waals surface area contributed by atoms with Gasteiger partial charge in [-0.2, -0.15) is 11.1 Å². The molecule has 1 unspecified atom stereocenters. The van der Waals surface area contributed by atoms with Crippen molar-refractivity contribution in [2.24, 2.45) is 4.99 Å². The van der Waals surface area contributed by atoms with Crippen LogP contribution in [0.15, 0.2) is 4.99 Å². The summed E-state index contributed by atoms with van der Waals surface area (Å²) in [6, 6.07) is 0. The normalized spacial score (nSPS) is 28.6. The molecule has 2 rings (SSSR count). The van der Waals surface area contributed by atoms with Crippen LogP contribution in [0.3, 0.4) is 0 Å². The number of carbonyl (C=O) groups excluding carboxylic acids is 1. The number of aliphatic imine (C=N–C) groups is 1. The van der Waals surface area contributed by atoms with Gasteiger partial charge < -0.3 is 0 Å². The second kappa shape index (κ2) is 5.12. The molecule has 2 heterocycles. The summed E-state index contributed by atoms with van der Waals surface area (Å²) in [5, 5.41) is 0.915. The average molecular weight is 227 g/mol. The van der Waals surface area contributed by atoms with Gasteiger partial charge in [-0.3, -0.25) is 14.1 Å². The van der Waals surface area contributed by atoms with Crippen molar-refractivity contribution in [3.63, 3.8) is 0 Å². The first-order chi connectivity index (χ1) is 7.33. The first-order valence-electron chi connectivity index (χ1n) is 5.72. The van der Waals surface area contributed by atoms with E-state index < -0.39 is 0 Å². The number of thiol groups is 1. The maximum Gasteiger partial charge on any atom is 0.186 e. The molecule has 0 bridgehead atoms. The van der Waals surface area contributed by atoms with Gasteiger partial charge in [-0.25, -0.2) is 0 Å². The van der Waals surface area contributed by atoms with Crippen LogP contribution in [0.4, 0.5) is 0 Å². The molecule has 1 radical (unpaired) electrons. The number of ketones is 1. The molecule has 85 valence electrons. The SMILES string of the molecule is [CH2]CCCC(=O)C1=NCC[SH]1N1CCC1. The second-order valence-electron chi connectivity index (χ2n) is 4.02. The third-order valence-electron chi connectivity index (χ3n) is 2.89. The maximum atomic E-state index is 11.9. The predicted molar refractivity (Wildman–Crippen MR) is 66.6 cm³/mol. The Bertz CT molecular complexity index is 274. The Morgan fingerprint density at radius 3 is 2.93 bits per heavy atom. The van der Waals surface area contributed by atoms with Crippen LogP contribution in [0, 0.1) is 6.92 Å². The third kappa shape index (κ3) is 2.42. The number of nitrogens with zero attached hydrogens (tertiary/aromatic N) is 2. The summed E-state index contributed by atoms with van der Waals surface area (Å²) in [4.78, 5) is 16.3. The Hall–Kier alpha value is -0.350. The number of Topliss-reactive ketones (excluding diaryl/α,β-unsaturated/α-hetero) is 1. The minimum Gasteiger partial charge on any atom is -0.292 e. The molecule has 0 N–H and O–H groups in total. The van der Waals surface area contributed by atoms with Gasteiger partial charge in [0.05, 0.1) is 0 Å². The second-order valence-corrected chi connectivity index (χ2v) is 6.25. The van der Waals surface area contributed by atoms with E-state index >= 15 is 0 Å². The lowest BCUT2D eigenvalue weighted by Gasteiger charge is -2.39. The monoisotopic (exact) mass is 227 g/mol. The fraction of sp³-hybridized carbons (Fsp3) is 0.727. The number of unbranched alkanes of at least 4 members (excludes halogenated alkanes) is 1. The van der Waals surface area contributed by atoms with Gasteiger partial charge in [-0.05, 0) is 12.8 Å². The topological polar surface area (TPSA) is 32.7 Å². The highest BCUT2D eigenvalue weighted by Gasteiger charge is 2.30. The van der Waals surface area contributed by atoms with Crippen molar-refractivity contribution in [1.29, 1.82) is 0 Å². The molecule has 0 aromatic heterocycles. The zero-order valence-corrected chi connectivity index (χ0v) is 10.0. The lowest BCUT2D eigenvalue weighted by molar-refractivity contribution is -0.112. The van der Waals surface area contributed by atoms with Crippen molar-refractivity contribution in [3.8, 4) is 0 Å². The summed E-state index contributed by atoms with van der Waals surface area (Å²) in [5.41, 5.74) is 0. The molecule has 4 heteroatoms. The van der Waals surface area contributed by atoms with Crippen molar-refractivity contribution in [2.75, 3.05) is 25.4 Å². The molecule has 0 amide bonds. The van der Waals surface area contributed by atoms with Gasteiger partial charge >= 0.3 is 0 Å². The molecule has 1 saturated heterocycles. The molecule has 2 aliphatic rings. The van der Waals surface area contributed by atoms with Crippen LogP contribution < -0.4 is 0 Å². The fourth-order valence-corrected chi connectivity index (χ4v) is 4.36. The molecule has 0 spiro atoms. The first kappa shape index (κ1) is 11.1. The number of carbonyl (C=O) groups is 1. The van der Waals surface area contributed by atoms with Crippen LogP contribution in [-0.4, -0.2) is 40.5 Å². The molecule has 2 aliphatic heterocycles. The van der Waals surface area contributed by atoms with Crippen molar-refractivity contribution in [2.45, 2.75) is 25.7 Å². The summed E-state index contributed by atoms with van der Waals surface area (Å²) >= 11 is -0.326. The van der Waals surface area contributed by atoms with E-state index in [0.717, 1.165) is 30.2 Å². The summed E-state index contributed by atoms with van der Waals surface area (Å²) in [6.45, 7) is 6.99. The van der Waals surface area contributed by atoms with Crippen LogP contribution in [0.2, 0.25) is 0 Å². The Morgan fingerprint density at radius 2 is 2.33 bits per heavy atom. The largest absolute Gasteiger partial charge is 0.292 e. The van der Waals surface area contributed by atoms with Gasteiger partial charge in [0.25, 0.3) is 0 Å². The minimum absolute atomic E-state index is 0.286. The van der Waals surface area contributed by atoms with Gasteiger partial charge in [0.2, 0.25) is 0 Å². The van der Waals surface area contributed by atoms with E-state index in [2.05, 4.69) is 16.2 Å². The molecule has 0 aliphatic carbocycles. The highest BCUT2D eigenvalue weighted by Crippen LogP contribution is 2.40. The minimum atomic E-state index is -0.326. The molecule has 0 aromatic rings. The number of rotatable bonds is 5. The molecular formula is C11H19N2OS. The zero-order valence-electron chi connectivity index (χ0n) is 9.11. The van der Waals surface area contributed by atoms with Gasteiger partial charge in [-0.15, -0.1) is 0 Å². The van der Waals surface area contributed by atoms with E-state index in [1.165, 1.54) is 19.5 Å². The maximum absolute atomic E-state index is 11.9. The lowest BCUT2D eigenvalue weighted by atomic mass is 10.2. The standard InChI is InChI=1S/C11H19N2OS/c1-2-3-5-10(14)11-12-6-9-15(11)13-7-4-8-13/h15H,1-9H2. The third-order valence-corrected chi connectivity index (χ3v) is 5.48. The first-order valence-corrected chi connectivity index (χ1v) is 7.20. The van der Waals surface area contributed by atoms with Crippen molar-refractivity contribution in [3.05, 3.63) is 6.92 Å². The summed E-state index contributed by atoms with van der Waals surface area (Å²) in [6.07, 6.45) is 3.69. The summed E-state index contributed by atoms with van der Waals surface area (Å²) in [7, 11) is 0. The molecule has 1 fully saturated rings. The zero-order chi connectivity index (χ0) is 10.7. The van der Waals surface area contributed by atoms with Crippen LogP contribution in [-0.2, 0) is 4.79 Å². The molecule has 3 nitrogen and oxygen atoms in total. The van der Waals surface area contributed by atoms with E-state index in [1.54, 1.807) is 0 Å². The van der Waals surface area contributed by atoms with E-state index in [0.29, 0.717) is 6.42 Å². The van der Waals surface area contributed by atoms with Crippen molar-refractivity contribution in [1.82, 2.24) is 4.31 Å². The highest BCUT2D eigenvalue weighted by molar-refractivity contribution is 8.29. The molecular weight excluding hydrogens is 208 g/mol. The predicted octanol–water partition coefficient (Wildman–Crippen LogP) is 1.59. The molecule has 15 heavy (non-hydrogen) atoms. The fourth-order valence-electron chi connectivity index (χ4n) is 1.88. The van der Waals surface area contributed by atoms with E-state index in [9.17, 15) is 4.79 Å². The van der Waals surface area contributed by atoms with Gasteiger partial charge in [0.15, 0.2) is 5.78 Å². The van der Waals surface area contributed by atoms with Crippen LogP contribution >= 0.6 is 11.1 Å². The van der Waals surface area contributed by atoms with Crippen LogP contribution in [0.1, 0.15) is 25.7 Å². The number of hydrogen-bond donors (Lipinski definition) is 1. The quantitative estimate of drug-likeness (QED) is 0.724. The average Bonchev–Trinajstić information content (AvgIpc) is 2.60. The van der Waals surface area contributed by atoms with E-state index in [4.69, 9.17) is 0 Å².